The molecular formula is C13H20O2. The van der Waals surface area contributed by atoms with E-state index < -0.39 is 0 Å². The van der Waals surface area contributed by atoms with E-state index in [0.717, 1.165) is 6.61 Å². The molecule has 0 fully saturated rings. The van der Waals surface area contributed by atoms with Crippen LogP contribution >= 0.6 is 0 Å². The van der Waals surface area contributed by atoms with Gasteiger partial charge in [0.15, 0.2) is 0 Å². The third-order valence-electron chi connectivity index (χ3n) is 2.65. The van der Waals surface area contributed by atoms with Gasteiger partial charge in [0.2, 0.25) is 0 Å². The SMILES string of the molecule is CCOC(C)c1ccc(C(C)OC)cc1. The maximum Gasteiger partial charge on any atom is 0.0796 e. The molecule has 0 heterocycles. The van der Waals surface area contributed by atoms with E-state index in [9.17, 15) is 0 Å². The molecule has 1 aromatic carbocycles. The van der Waals surface area contributed by atoms with Gasteiger partial charge in [0.25, 0.3) is 0 Å². The van der Waals surface area contributed by atoms with E-state index in [2.05, 4.69) is 31.2 Å². The van der Waals surface area contributed by atoms with Crippen molar-refractivity contribution in [3.8, 4) is 0 Å². The summed E-state index contributed by atoms with van der Waals surface area (Å²) >= 11 is 0. The Morgan fingerprint density at radius 1 is 1.00 bits per heavy atom. The molecule has 0 aliphatic rings. The highest BCUT2D eigenvalue weighted by Crippen LogP contribution is 2.21. The molecule has 0 spiro atoms. The molecule has 2 unspecified atom stereocenters. The summed E-state index contributed by atoms with van der Waals surface area (Å²) in [7, 11) is 1.72. The quantitative estimate of drug-likeness (QED) is 0.737. The van der Waals surface area contributed by atoms with Crippen molar-refractivity contribution in [2.75, 3.05) is 13.7 Å². The Labute approximate surface area is 92.2 Å². The molecule has 0 aliphatic heterocycles. The van der Waals surface area contributed by atoms with Gasteiger partial charge in [-0.05, 0) is 31.9 Å². The van der Waals surface area contributed by atoms with E-state index in [4.69, 9.17) is 9.47 Å². The maximum atomic E-state index is 5.52. The second-order valence-corrected chi connectivity index (χ2v) is 3.64. The molecule has 1 aromatic rings. The second-order valence-electron chi connectivity index (χ2n) is 3.64. The van der Waals surface area contributed by atoms with Crippen LogP contribution in [0.1, 0.15) is 44.1 Å². The highest BCUT2D eigenvalue weighted by molar-refractivity contribution is 5.25. The van der Waals surface area contributed by atoms with Gasteiger partial charge in [0.1, 0.15) is 0 Å². The fraction of sp³-hybridized carbons (Fsp3) is 0.538. The molecule has 0 aromatic heterocycles. The van der Waals surface area contributed by atoms with Gasteiger partial charge >= 0.3 is 0 Å². The molecule has 0 saturated carbocycles. The number of hydrogen-bond donors (Lipinski definition) is 0. The smallest absolute Gasteiger partial charge is 0.0796 e. The zero-order chi connectivity index (χ0) is 11.3. The zero-order valence-electron chi connectivity index (χ0n) is 9.99. The minimum absolute atomic E-state index is 0.154. The van der Waals surface area contributed by atoms with Crippen LogP contribution < -0.4 is 0 Å². The Bertz CT molecular complexity index is 279. The average molecular weight is 208 g/mol. The lowest BCUT2D eigenvalue weighted by Crippen LogP contribution is -2.01. The molecule has 0 aliphatic carbocycles. The number of benzene rings is 1. The molecule has 2 heteroatoms. The van der Waals surface area contributed by atoms with Gasteiger partial charge in [0.05, 0.1) is 12.2 Å². The molecule has 15 heavy (non-hydrogen) atoms. The third kappa shape index (κ3) is 3.33. The van der Waals surface area contributed by atoms with Crippen molar-refractivity contribution in [2.24, 2.45) is 0 Å². The van der Waals surface area contributed by atoms with Crippen LogP contribution in [-0.2, 0) is 9.47 Å². The predicted octanol–water partition coefficient (Wildman–Crippen LogP) is 3.49. The Hall–Kier alpha value is -0.860. The molecule has 0 N–H and O–H groups in total. The average Bonchev–Trinajstić information content (AvgIpc) is 2.28. The lowest BCUT2D eigenvalue weighted by molar-refractivity contribution is 0.0762. The first-order valence-corrected chi connectivity index (χ1v) is 5.43. The van der Waals surface area contributed by atoms with Crippen LogP contribution in [0.25, 0.3) is 0 Å². The third-order valence-corrected chi connectivity index (χ3v) is 2.65. The van der Waals surface area contributed by atoms with Crippen LogP contribution in [0.2, 0.25) is 0 Å². The first-order chi connectivity index (χ1) is 7.19. The summed E-state index contributed by atoms with van der Waals surface area (Å²) in [6, 6.07) is 8.40. The Morgan fingerprint density at radius 3 is 1.87 bits per heavy atom. The minimum Gasteiger partial charge on any atom is -0.377 e. The minimum atomic E-state index is 0.154. The van der Waals surface area contributed by atoms with Crippen LogP contribution in [-0.4, -0.2) is 13.7 Å². The van der Waals surface area contributed by atoms with Crippen molar-refractivity contribution in [2.45, 2.75) is 33.0 Å². The van der Waals surface area contributed by atoms with Crippen molar-refractivity contribution >= 4 is 0 Å². The standard InChI is InChI=1S/C13H20O2/c1-5-15-11(3)13-8-6-12(7-9-13)10(2)14-4/h6-11H,5H2,1-4H3. The summed E-state index contributed by atoms with van der Waals surface area (Å²) in [5.41, 5.74) is 2.41. The van der Waals surface area contributed by atoms with Gasteiger partial charge in [-0.25, -0.2) is 0 Å². The van der Waals surface area contributed by atoms with Gasteiger partial charge in [0, 0.05) is 13.7 Å². The Kier molecular flexibility index (Phi) is 4.79. The monoisotopic (exact) mass is 208 g/mol. The van der Waals surface area contributed by atoms with Crippen LogP contribution in [0.5, 0.6) is 0 Å². The van der Waals surface area contributed by atoms with E-state index in [-0.39, 0.29) is 12.2 Å². The summed E-state index contributed by atoms with van der Waals surface area (Å²) in [6.45, 7) is 6.87. The number of rotatable bonds is 5. The zero-order valence-corrected chi connectivity index (χ0v) is 9.99. The van der Waals surface area contributed by atoms with Crippen molar-refractivity contribution in [1.29, 1.82) is 0 Å². The lowest BCUT2D eigenvalue weighted by atomic mass is 10.1. The molecule has 2 nitrogen and oxygen atoms in total. The summed E-state index contributed by atoms with van der Waals surface area (Å²) < 4.78 is 10.8. The van der Waals surface area contributed by atoms with Gasteiger partial charge in [-0.3, -0.25) is 0 Å². The summed E-state index contributed by atoms with van der Waals surface area (Å²) in [5.74, 6) is 0. The summed E-state index contributed by atoms with van der Waals surface area (Å²) in [6.07, 6.45) is 0.323. The molecule has 2 atom stereocenters. The van der Waals surface area contributed by atoms with Gasteiger partial charge in [-0.15, -0.1) is 0 Å². The molecule has 84 valence electrons. The van der Waals surface area contributed by atoms with E-state index >= 15 is 0 Å². The summed E-state index contributed by atoms with van der Waals surface area (Å²) in [5, 5.41) is 0. The van der Waals surface area contributed by atoms with Gasteiger partial charge < -0.3 is 9.47 Å². The van der Waals surface area contributed by atoms with Crippen LogP contribution in [0.4, 0.5) is 0 Å². The van der Waals surface area contributed by atoms with E-state index in [0.29, 0.717) is 0 Å². The second kappa shape index (κ2) is 5.89. The highest BCUT2D eigenvalue weighted by Gasteiger charge is 2.06. The van der Waals surface area contributed by atoms with Crippen LogP contribution in [0, 0.1) is 0 Å². The number of methoxy groups -OCH3 is 1. The molecule has 0 radical (unpaired) electrons. The van der Waals surface area contributed by atoms with E-state index in [1.54, 1.807) is 7.11 Å². The molecule has 0 bridgehead atoms. The largest absolute Gasteiger partial charge is 0.377 e. The van der Waals surface area contributed by atoms with E-state index in [1.165, 1.54) is 11.1 Å². The van der Waals surface area contributed by atoms with Crippen molar-refractivity contribution in [3.63, 3.8) is 0 Å². The van der Waals surface area contributed by atoms with E-state index in [1.807, 2.05) is 13.8 Å². The Morgan fingerprint density at radius 2 is 1.47 bits per heavy atom. The lowest BCUT2D eigenvalue weighted by Gasteiger charge is -2.14. The molecule has 0 saturated heterocycles. The van der Waals surface area contributed by atoms with Crippen molar-refractivity contribution < 1.29 is 9.47 Å². The van der Waals surface area contributed by atoms with Gasteiger partial charge in [-0.2, -0.15) is 0 Å². The maximum absolute atomic E-state index is 5.52. The normalized spacial score (nSPS) is 14.9. The van der Waals surface area contributed by atoms with Crippen molar-refractivity contribution in [3.05, 3.63) is 35.4 Å². The number of ether oxygens (including phenoxy) is 2. The first-order valence-electron chi connectivity index (χ1n) is 5.43. The van der Waals surface area contributed by atoms with Crippen LogP contribution in [0.15, 0.2) is 24.3 Å². The highest BCUT2D eigenvalue weighted by atomic mass is 16.5. The molecular weight excluding hydrogens is 188 g/mol. The fourth-order valence-electron chi connectivity index (χ4n) is 1.52. The first kappa shape index (κ1) is 12.2. The van der Waals surface area contributed by atoms with Crippen LogP contribution in [0.3, 0.4) is 0 Å². The van der Waals surface area contributed by atoms with Crippen molar-refractivity contribution in [1.82, 2.24) is 0 Å². The Balaban J connectivity index is 2.71. The summed E-state index contributed by atoms with van der Waals surface area (Å²) in [4.78, 5) is 0. The molecule has 0 amide bonds. The fourth-order valence-corrected chi connectivity index (χ4v) is 1.52. The predicted molar refractivity (Wildman–Crippen MR) is 61.9 cm³/mol. The number of hydrogen-bond acceptors (Lipinski definition) is 2. The molecule has 1 rings (SSSR count). The topological polar surface area (TPSA) is 18.5 Å². The van der Waals surface area contributed by atoms with Gasteiger partial charge in [-0.1, -0.05) is 24.3 Å².